The molecule has 0 radical (unpaired) electrons. The van der Waals surface area contributed by atoms with Crippen molar-refractivity contribution in [3.8, 4) is 5.75 Å². The predicted molar refractivity (Wildman–Crippen MR) is 54.5 cm³/mol. The Morgan fingerprint density at radius 2 is 1.87 bits per heavy atom. The molecule has 0 aromatic heterocycles. The molecule has 0 bridgehead atoms. The van der Waals surface area contributed by atoms with Crippen molar-refractivity contribution in [3.05, 3.63) is 29.8 Å². The van der Waals surface area contributed by atoms with Crippen molar-refractivity contribution in [3.63, 3.8) is 0 Å². The average molecular weight is 249 g/mol. The van der Waals surface area contributed by atoms with Gasteiger partial charge in [0.25, 0.3) is 0 Å². The van der Waals surface area contributed by atoms with E-state index >= 15 is 0 Å². The Hall–Kier alpha value is -1.26. The Labute approximate surface area is 95.4 Å². The summed E-state index contributed by atoms with van der Waals surface area (Å²) >= 11 is 10.5. The number of esters is 1. The van der Waals surface area contributed by atoms with Gasteiger partial charge in [-0.15, -0.1) is 0 Å². The van der Waals surface area contributed by atoms with E-state index in [0.717, 1.165) is 0 Å². The molecular formula is C9H6Cl2O4. The third-order valence-corrected chi connectivity index (χ3v) is 1.86. The van der Waals surface area contributed by atoms with Crippen LogP contribution < -0.4 is 4.74 Å². The Morgan fingerprint density at radius 1 is 1.27 bits per heavy atom. The van der Waals surface area contributed by atoms with E-state index in [1.165, 1.54) is 24.3 Å². The maximum absolute atomic E-state index is 11.0. The summed E-state index contributed by atoms with van der Waals surface area (Å²) in [5.41, 5.74) is -0.125. The summed E-state index contributed by atoms with van der Waals surface area (Å²) in [5, 5.41) is 8.76. The van der Waals surface area contributed by atoms with Gasteiger partial charge in [0.1, 0.15) is 11.3 Å². The van der Waals surface area contributed by atoms with Crippen molar-refractivity contribution in [1.82, 2.24) is 0 Å². The van der Waals surface area contributed by atoms with E-state index in [0.29, 0.717) is 0 Å². The van der Waals surface area contributed by atoms with Crippen LogP contribution in [0.5, 0.6) is 5.75 Å². The second-order valence-electron chi connectivity index (χ2n) is 2.52. The fraction of sp³-hybridized carbons (Fsp3) is 0.111. The van der Waals surface area contributed by atoms with Crippen molar-refractivity contribution in [2.75, 3.05) is 0 Å². The van der Waals surface area contributed by atoms with Gasteiger partial charge in [0.05, 0.1) is 0 Å². The molecule has 0 aliphatic rings. The predicted octanol–water partition coefficient (Wildman–Crippen LogP) is 2.09. The fourth-order valence-corrected chi connectivity index (χ4v) is 0.974. The summed E-state index contributed by atoms with van der Waals surface area (Å²) in [6, 6.07) is 5.70. The number of carboxylic acids is 1. The van der Waals surface area contributed by atoms with Gasteiger partial charge in [-0.05, 0) is 12.1 Å². The first kappa shape index (κ1) is 11.8. The number of rotatable bonds is 3. The molecule has 15 heavy (non-hydrogen) atoms. The third kappa shape index (κ3) is 3.11. The maximum Gasteiger partial charge on any atom is 0.344 e. The molecule has 0 aliphatic heterocycles. The van der Waals surface area contributed by atoms with Crippen LogP contribution in [0.15, 0.2) is 24.3 Å². The zero-order valence-electron chi connectivity index (χ0n) is 7.31. The van der Waals surface area contributed by atoms with Crippen LogP contribution in [0.25, 0.3) is 0 Å². The highest BCUT2D eigenvalue weighted by atomic mass is 35.5. The van der Waals surface area contributed by atoms with Gasteiger partial charge in [-0.25, -0.2) is 9.59 Å². The minimum atomic E-state index is -1.34. The van der Waals surface area contributed by atoms with Crippen LogP contribution in [0.2, 0.25) is 0 Å². The molecule has 0 unspecified atom stereocenters. The van der Waals surface area contributed by atoms with Gasteiger partial charge in [-0.3, -0.25) is 0 Å². The van der Waals surface area contributed by atoms with Crippen LogP contribution in [-0.2, 0) is 4.79 Å². The second kappa shape index (κ2) is 5.00. The van der Waals surface area contributed by atoms with Gasteiger partial charge >= 0.3 is 11.9 Å². The van der Waals surface area contributed by atoms with Gasteiger partial charge < -0.3 is 9.84 Å². The standard InChI is InChI=1S/C9H6Cl2O4/c10-7(11)9(14)15-6-4-2-1-3-5(6)8(12)13/h1-4,7H,(H,12,13). The minimum Gasteiger partial charge on any atom is -0.478 e. The van der Waals surface area contributed by atoms with Gasteiger partial charge in [0.2, 0.25) is 4.84 Å². The molecule has 0 saturated carbocycles. The number of para-hydroxylation sites is 1. The number of alkyl halides is 2. The molecule has 80 valence electrons. The lowest BCUT2D eigenvalue weighted by molar-refractivity contribution is -0.132. The summed E-state index contributed by atoms with van der Waals surface area (Å²) in [6.45, 7) is 0. The smallest absolute Gasteiger partial charge is 0.344 e. The highest BCUT2D eigenvalue weighted by molar-refractivity contribution is 6.53. The monoisotopic (exact) mass is 248 g/mol. The number of carboxylic acid groups (broad SMARTS) is 1. The Morgan fingerprint density at radius 3 is 2.40 bits per heavy atom. The molecule has 0 spiro atoms. The summed E-state index contributed by atoms with van der Waals surface area (Å²) in [6.07, 6.45) is 0. The summed E-state index contributed by atoms with van der Waals surface area (Å²) < 4.78 is 4.68. The van der Waals surface area contributed by atoms with E-state index in [4.69, 9.17) is 28.3 Å². The number of hydrogen-bond donors (Lipinski definition) is 1. The van der Waals surface area contributed by atoms with Crippen molar-refractivity contribution in [1.29, 1.82) is 0 Å². The zero-order chi connectivity index (χ0) is 11.4. The molecule has 0 saturated heterocycles. The maximum atomic E-state index is 11.0. The van der Waals surface area contributed by atoms with Crippen LogP contribution in [0, 0.1) is 0 Å². The van der Waals surface area contributed by atoms with E-state index in [9.17, 15) is 9.59 Å². The van der Waals surface area contributed by atoms with Crippen LogP contribution in [-0.4, -0.2) is 21.9 Å². The highest BCUT2D eigenvalue weighted by Gasteiger charge is 2.18. The van der Waals surface area contributed by atoms with Gasteiger partial charge in [0.15, 0.2) is 0 Å². The summed E-state index contributed by atoms with van der Waals surface area (Å²) in [4.78, 5) is 20.4. The molecule has 4 nitrogen and oxygen atoms in total. The molecule has 1 rings (SSSR count). The molecular weight excluding hydrogens is 243 g/mol. The number of carbonyl (C=O) groups is 2. The third-order valence-electron chi connectivity index (χ3n) is 1.51. The Kier molecular flexibility index (Phi) is 3.94. The SMILES string of the molecule is O=C(O)c1ccccc1OC(=O)C(Cl)Cl. The highest BCUT2D eigenvalue weighted by Crippen LogP contribution is 2.19. The van der Waals surface area contributed by atoms with Crippen LogP contribution in [0.4, 0.5) is 0 Å². The fourth-order valence-electron chi connectivity index (χ4n) is 0.885. The van der Waals surface area contributed by atoms with Crippen molar-refractivity contribution >= 4 is 35.1 Å². The lowest BCUT2D eigenvalue weighted by Crippen LogP contribution is -2.17. The van der Waals surface area contributed by atoms with Crippen molar-refractivity contribution in [2.45, 2.75) is 4.84 Å². The van der Waals surface area contributed by atoms with Gasteiger partial charge in [-0.2, -0.15) is 0 Å². The summed E-state index contributed by atoms with van der Waals surface area (Å²) in [7, 11) is 0. The van der Waals surface area contributed by atoms with Crippen LogP contribution in [0.3, 0.4) is 0 Å². The molecule has 0 atom stereocenters. The topological polar surface area (TPSA) is 63.6 Å². The average Bonchev–Trinajstić information content (AvgIpc) is 2.18. The number of benzene rings is 1. The quantitative estimate of drug-likeness (QED) is 0.506. The Balaban J connectivity index is 2.94. The van der Waals surface area contributed by atoms with E-state index in [2.05, 4.69) is 4.74 Å². The minimum absolute atomic E-state index is 0.0821. The number of halogens is 2. The summed E-state index contributed by atoms with van der Waals surface area (Å²) in [5.74, 6) is -2.19. The molecule has 0 heterocycles. The normalized spacial score (nSPS) is 10.1. The molecule has 0 fully saturated rings. The van der Waals surface area contributed by atoms with Crippen molar-refractivity contribution in [2.24, 2.45) is 0 Å². The molecule has 1 aromatic carbocycles. The van der Waals surface area contributed by atoms with Crippen LogP contribution in [0.1, 0.15) is 10.4 Å². The van der Waals surface area contributed by atoms with Crippen molar-refractivity contribution < 1.29 is 19.4 Å². The molecule has 1 aromatic rings. The lowest BCUT2D eigenvalue weighted by atomic mass is 10.2. The second-order valence-corrected chi connectivity index (χ2v) is 3.62. The molecule has 0 aliphatic carbocycles. The number of aromatic carboxylic acids is 1. The Bertz CT molecular complexity index is 389. The number of ether oxygens (including phenoxy) is 1. The lowest BCUT2D eigenvalue weighted by Gasteiger charge is -2.06. The first-order valence-corrected chi connectivity index (χ1v) is 4.72. The number of carbonyl (C=O) groups excluding carboxylic acids is 1. The molecule has 0 amide bonds. The van der Waals surface area contributed by atoms with E-state index in [-0.39, 0.29) is 11.3 Å². The first-order valence-electron chi connectivity index (χ1n) is 3.84. The largest absolute Gasteiger partial charge is 0.478 e. The van der Waals surface area contributed by atoms with Gasteiger partial charge in [0, 0.05) is 0 Å². The van der Waals surface area contributed by atoms with E-state index < -0.39 is 16.8 Å². The number of hydrogen-bond acceptors (Lipinski definition) is 3. The zero-order valence-corrected chi connectivity index (χ0v) is 8.83. The first-order chi connectivity index (χ1) is 7.02. The molecule has 1 N–H and O–H groups in total. The van der Waals surface area contributed by atoms with Crippen LogP contribution >= 0.6 is 23.2 Å². The molecule has 6 heteroatoms. The van der Waals surface area contributed by atoms with Gasteiger partial charge in [-0.1, -0.05) is 35.3 Å². The van der Waals surface area contributed by atoms with E-state index in [1.54, 1.807) is 0 Å². The van der Waals surface area contributed by atoms with E-state index in [1.807, 2.05) is 0 Å².